The summed E-state index contributed by atoms with van der Waals surface area (Å²) in [5.41, 5.74) is 0.246. The van der Waals surface area contributed by atoms with E-state index in [0.717, 1.165) is 22.7 Å². The number of nitrogens with one attached hydrogen (secondary N) is 1. The Balaban J connectivity index is 3.13. The molecule has 0 saturated heterocycles. The molecule has 23 heavy (non-hydrogen) atoms. The van der Waals surface area contributed by atoms with Gasteiger partial charge in [-0.3, -0.25) is 9.10 Å². The van der Waals surface area contributed by atoms with E-state index >= 15 is 0 Å². The van der Waals surface area contributed by atoms with E-state index < -0.39 is 27.8 Å². The van der Waals surface area contributed by atoms with Gasteiger partial charge in [-0.2, -0.15) is 0 Å². The number of halogens is 1. The molecule has 0 bridgehead atoms. The summed E-state index contributed by atoms with van der Waals surface area (Å²) in [4.78, 5) is 12.4. The van der Waals surface area contributed by atoms with Crippen molar-refractivity contribution in [2.45, 2.75) is 32.4 Å². The van der Waals surface area contributed by atoms with Gasteiger partial charge in [0.1, 0.15) is 11.9 Å². The molecule has 1 N–H and O–H groups in total. The fraction of sp³-hybridized carbons (Fsp3) is 0.533. The molecule has 0 radical (unpaired) electrons. The minimum Gasteiger partial charge on any atom is -0.383 e. The number of anilines is 1. The summed E-state index contributed by atoms with van der Waals surface area (Å²) in [7, 11) is -2.20. The molecule has 0 unspecified atom stereocenters. The average molecular weight is 346 g/mol. The molecule has 0 heterocycles. The third-order valence-electron chi connectivity index (χ3n) is 3.22. The van der Waals surface area contributed by atoms with E-state index in [0.29, 0.717) is 6.61 Å². The first-order valence-electron chi connectivity index (χ1n) is 7.25. The Hall–Kier alpha value is -1.67. The molecule has 130 valence electrons. The van der Waals surface area contributed by atoms with Gasteiger partial charge in [-0.15, -0.1) is 0 Å². The van der Waals surface area contributed by atoms with E-state index in [9.17, 15) is 17.6 Å². The molecular formula is C15H23FN2O4S. The molecule has 0 aliphatic heterocycles. The largest absolute Gasteiger partial charge is 0.383 e. The number of ether oxygens (including phenoxy) is 1. The highest BCUT2D eigenvalue weighted by atomic mass is 32.2. The van der Waals surface area contributed by atoms with Gasteiger partial charge in [0.25, 0.3) is 0 Å². The normalized spacial score (nSPS) is 14.1. The van der Waals surface area contributed by atoms with Gasteiger partial charge in [-0.05, 0) is 37.6 Å². The molecule has 6 nitrogen and oxygen atoms in total. The first-order chi connectivity index (χ1) is 10.7. The van der Waals surface area contributed by atoms with E-state index in [2.05, 4.69) is 5.32 Å². The van der Waals surface area contributed by atoms with Crippen molar-refractivity contribution in [1.82, 2.24) is 5.32 Å². The summed E-state index contributed by atoms with van der Waals surface area (Å²) in [5.74, 6) is -0.903. The third-order valence-corrected chi connectivity index (χ3v) is 4.40. The molecule has 0 spiro atoms. The third kappa shape index (κ3) is 5.47. The van der Waals surface area contributed by atoms with Crippen molar-refractivity contribution in [2.24, 2.45) is 0 Å². The smallest absolute Gasteiger partial charge is 0.244 e. The van der Waals surface area contributed by atoms with Crippen molar-refractivity contribution < 1.29 is 22.3 Å². The van der Waals surface area contributed by atoms with E-state index in [1.165, 1.54) is 19.2 Å². The van der Waals surface area contributed by atoms with Crippen LogP contribution in [-0.4, -0.2) is 46.4 Å². The van der Waals surface area contributed by atoms with Crippen LogP contribution in [0.15, 0.2) is 24.3 Å². The summed E-state index contributed by atoms with van der Waals surface area (Å²) in [6.45, 7) is 3.79. The van der Waals surface area contributed by atoms with E-state index in [4.69, 9.17) is 4.74 Å². The Labute approximate surface area is 136 Å². The predicted octanol–water partition coefficient (Wildman–Crippen LogP) is 1.52. The van der Waals surface area contributed by atoms with E-state index in [-0.39, 0.29) is 18.2 Å². The van der Waals surface area contributed by atoms with Crippen LogP contribution in [-0.2, 0) is 19.6 Å². The van der Waals surface area contributed by atoms with Crippen LogP contribution >= 0.6 is 0 Å². The van der Waals surface area contributed by atoms with Gasteiger partial charge in [0.05, 0.1) is 18.6 Å². The quantitative estimate of drug-likeness (QED) is 0.774. The summed E-state index contributed by atoms with van der Waals surface area (Å²) in [6.07, 6.45) is 1.29. The standard InChI is InChI=1S/C15H23FN2O4S/c1-5-14(15(19)17-11(2)10-22-3)18(23(4,20)21)13-8-6-12(16)7-9-13/h6-9,11,14H,5,10H2,1-4H3,(H,17,19)/t11-,14+/m1/s1. The lowest BCUT2D eigenvalue weighted by molar-refractivity contribution is -0.123. The molecule has 8 heteroatoms. The Morgan fingerprint density at radius 2 is 1.91 bits per heavy atom. The molecule has 0 aromatic heterocycles. The fourth-order valence-corrected chi connectivity index (χ4v) is 3.49. The maximum atomic E-state index is 13.1. The summed E-state index contributed by atoms with van der Waals surface area (Å²) in [6, 6.07) is 3.82. The number of methoxy groups -OCH3 is 1. The number of hydrogen-bond donors (Lipinski definition) is 1. The zero-order valence-electron chi connectivity index (χ0n) is 13.7. The van der Waals surface area contributed by atoms with Crippen molar-refractivity contribution in [1.29, 1.82) is 0 Å². The summed E-state index contributed by atoms with van der Waals surface area (Å²) in [5, 5.41) is 2.72. The first kappa shape index (κ1) is 19.4. The second-order valence-corrected chi connectivity index (χ2v) is 7.18. The van der Waals surface area contributed by atoms with Crippen LogP contribution in [0.25, 0.3) is 0 Å². The average Bonchev–Trinajstić information content (AvgIpc) is 2.44. The predicted molar refractivity (Wildman–Crippen MR) is 87.3 cm³/mol. The van der Waals surface area contributed by atoms with Gasteiger partial charge in [0.15, 0.2) is 0 Å². The number of rotatable bonds is 8. The van der Waals surface area contributed by atoms with E-state index in [1.54, 1.807) is 13.8 Å². The van der Waals surface area contributed by atoms with E-state index in [1.807, 2.05) is 0 Å². The highest BCUT2D eigenvalue weighted by Gasteiger charge is 2.31. The minimum absolute atomic E-state index is 0.246. The number of sulfonamides is 1. The fourth-order valence-electron chi connectivity index (χ4n) is 2.28. The van der Waals surface area contributed by atoms with Gasteiger partial charge in [-0.1, -0.05) is 6.92 Å². The SMILES string of the molecule is CC[C@@H](C(=O)N[C@H](C)COC)N(c1ccc(F)cc1)S(C)(=O)=O. The summed E-state index contributed by atoms with van der Waals surface area (Å²) >= 11 is 0. The second kappa shape index (κ2) is 8.26. The van der Waals surface area contributed by atoms with Crippen LogP contribution in [0.2, 0.25) is 0 Å². The lowest BCUT2D eigenvalue weighted by Gasteiger charge is -2.31. The maximum absolute atomic E-state index is 13.1. The van der Waals surface area contributed by atoms with Crippen molar-refractivity contribution in [3.8, 4) is 0 Å². The number of benzene rings is 1. The van der Waals surface area contributed by atoms with Crippen molar-refractivity contribution >= 4 is 21.6 Å². The van der Waals surface area contributed by atoms with Crippen molar-refractivity contribution in [2.75, 3.05) is 24.3 Å². The van der Waals surface area contributed by atoms with Crippen LogP contribution in [0.4, 0.5) is 10.1 Å². The zero-order valence-corrected chi connectivity index (χ0v) is 14.6. The Kier molecular flexibility index (Phi) is 6.96. The molecule has 1 amide bonds. The lowest BCUT2D eigenvalue weighted by Crippen LogP contribution is -2.51. The number of carbonyl (C=O) groups is 1. The van der Waals surface area contributed by atoms with Gasteiger partial charge in [-0.25, -0.2) is 12.8 Å². The molecule has 0 aliphatic rings. The molecule has 0 fully saturated rings. The second-order valence-electron chi connectivity index (χ2n) is 5.32. The monoisotopic (exact) mass is 346 g/mol. The first-order valence-corrected chi connectivity index (χ1v) is 9.09. The number of amides is 1. The van der Waals surface area contributed by atoms with Crippen molar-refractivity contribution in [3.05, 3.63) is 30.1 Å². The minimum atomic E-state index is -3.72. The molecule has 0 saturated carbocycles. The summed E-state index contributed by atoms with van der Waals surface area (Å²) < 4.78 is 43.4. The van der Waals surface area contributed by atoms with Gasteiger partial charge in [0, 0.05) is 13.2 Å². The molecule has 1 rings (SSSR count). The van der Waals surface area contributed by atoms with Crippen LogP contribution in [0.5, 0.6) is 0 Å². The Morgan fingerprint density at radius 1 is 1.35 bits per heavy atom. The lowest BCUT2D eigenvalue weighted by atomic mass is 10.1. The van der Waals surface area contributed by atoms with Gasteiger partial charge >= 0.3 is 0 Å². The highest BCUT2D eigenvalue weighted by molar-refractivity contribution is 7.92. The van der Waals surface area contributed by atoms with Crippen LogP contribution in [0.3, 0.4) is 0 Å². The molecule has 0 aliphatic carbocycles. The zero-order chi connectivity index (χ0) is 17.6. The molecule has 2 atom stereocenters. The maximum Gasteiger partial charge on any atom is 0.244 e. The van der Waals surface area contributed by atoms with Gasteiger partial charge < -0.3 is 10.1 Å². The topological polar surface area (TPSA) is 75.7 Å². The number of nitrogens with zero attached hydrogens (tertiary/aromatic N) is 1. The highest BCUT2D eigenvalue weighted by Crippen LogP contribution is 2.22. The molecule has 1 aromatic carbocycles. The molecule has 1 aromatic rings. The van der Waals surface area contributed by atoms with Crippen LogP contribution in [0, 0.1) is 5.82 Å². The number of carbonyl (C=O) groups excluding carboxylic acids is 1. The molecular weight excluding hydrogens is 323 g/mol. The van der Waals surface area contributed by atoms with Crippen LogP contribution in [0.1, 0.15) is 20.3 Å². The Bertz CT molecular complexity index is 619. The Morgan fingerprint density at radius 3 is 2.35 bits per heavy atom. The van der Waals surface area contributed by atoms with Crippen LogP contribution < -0.4 is 9.62 Å². The van der Waals surface area contributed by atoms with Gasteiger partial charge in [0.2, 0.25) is 15.9 Å². The number of hydrogen-bond acceptors (Lipinski definition) is 4. The van der Waals surface area contributed by atoms with Crippen molar-refractivity contribution in [3.63, 3.8) is 0 Å².